The molecule has 2 rings (SSSR count). The van der Waals surface area contributed by atoms with Crippen LogP contribution in [0.4, 0.5) is 5.69 Å². The summed E-state index contributed by atoms with van der Waals surface area (Å²) in [5, 5.41) is 8.82. The highest BCUT2D eigenvalue weighted by molar-refractivity contribution is 5.85. The zero-order valence-corrected chi connectivity index (χ0v) is 11.1. The maximum Gasteiger partial charge on any atom is 0.354 e. The summed E-state index contributed by atoms with van der Waals surface area (Å²) in [5.41, 5.74) is 1.19. The van der Waals surface area contributed by atoms with Crippen molar-refractivity contribution in [2.24, 2.45) is 0 Å². The number of likely N-dealkylation sites (N-methyl/N-ethyl adjacent to an activating group) is 1. The predicted molar refractivity (Wildman–Crippen MR) is 70.1 cm³/mol. The molecule has 1 N–H and O–H groups in total. The molecule has 1 aliphatic heterocycles. The summed E-state index contributed by atoms with van der Waals surface area (Å²) in [6, 6.07) is 3.39. The second-order valence-electron chi connectivity index (χ2n) is 5.36. The lowest BCUT2D eigenvalue weighted by Crippen LogP contribution is -2.57. The molecule has 98 valence electrons. The third-order valence-electron chi connectivity index (χ3n) is 3.65. The van der Waals surface area contributed by atoms with E-state index in [4.69, 9.17) is 5.11 Å². The smallest absolute Gasteiger partial charge is 0.354 e. The Morgan fingerprint density at radius 2 is 2.11 bits per heavy atom. The zero-order chi connectivity index (χ0) is 13.3. The molecule has 2 heterocycles. The topological polar surface area (TPSA) is 56.7 Å². The van der Waals surface area contributed by atoms with Crippen molar-refractivity contribution in [3.05, 3.63) is 24.0 Å². The van der Waals surface area contributed by atoms with Gasteiger partial charge < -0.3 is 10.0 Å². The lowest BCUT2D eigenvalue weighted by molar-refractivity contribution is 0.0690. The highest BCUT2D eigenvalue weighted by atomic mass is 16.4. The quantitative estimate of drug-likeness (QED) is 0.856. The van der Waals surface area contributed by atoms with E-state index in [0.29, 0.717) is 0 Å². The molecule has 0 spiro atoms. The fourth-order valence-electron chi connectivity index (χ4n) is 2.16. The average molecular weight is 249 g/mol. The maximum atomic E-state index is 10.8. The minimum Gasteiger partial charge on any atom is -0.477 e. The second-order valence-corrected chi connectivity index (χ2v) is 5.36. The van der Waals surface area contributed by atoms with Gasteiger partial charge in [0.15, 0.2) is 0 Å². The summed E-state index contributed by atoms with van der Waals surface area (Å²) >= 11 is 0. The molecule has 1 saturated heterocycles. The number of aromatic carboxylic acids is 1. The Labute approximate surface area is 107 Å². The highest BCUT2D eigenvalue weighted by Gasteiger charge is 2.31. The first-order valence-corrected chi connectivity index (χ1v) is 6.06. The van der Waals surface area contributed by atoms with Crippen molar-refractivity contribution in [2.75, 3.05) is 31.6 Å². The lowest BCUT2D eigenvalue weighted by Gasteiger charge is -2.46. The van der Waals surface area contributed by atoms with Crippen molar-refractivity contribution in [2.45, 2.75) is 19.4 Å². The summed E-state index contributed by atoms with van der Waals surface area (Å²) in [6.45, 7) is 7.26. The van der Waals surface area contributed by atoms with Crippen LogP contribution in [-0.2, 0) is 0 Å². The number of anilines is 1. The summed E-state index contributed by atoms with van der Waals surface area (Å²) in [6.07, 6.45) is 1.64. The number of rotatable bonds is 2. The molecule has 18 heavy (non-hydrogen) atoms. The van der Waals surface area contributed by atoms with E-state index in [1.54, 1.807) is 12.3 Å². The number of carboxylic acids is 1. The molecule has 1 aliphatic rings. The van der Waals surface area contributed by atoms with Gasteiger partial charge in [-0.3, -0.25) is 4.90 Å². The Morgan fingerprint density at radius 3 is 2.61 bits per heavy atom. The van der Waals surface area contributed by atoms with Crippen LogP contribution in [-0.4, -0.2) is 53.2 Å². The fraction of sp³-hybridized carbons (Fsp3) is 0.538. The molecule has 0 amide bonds. The first kappa shape index (κ1) is 12.8. The van der Waals surface area contributed by atoms with E-state index in [2.05, 4.69) is 35.7 Å². The van der Waals surface area contributed by atoms with Crippen molar-refractivity contribution in [3.63, 3.8) is 0 Å². The Balaban J connectivity index is 2.15. The van der Waals surface area contributed by atoms with Crippen molar-refractivity contribution in [1.29, 1.82) is 0 Å². The van der Waals surface area contributed by atoms with E-state index in [0.717, 1.165) is 25.3 Å². The standard InChI is InChI=1S/C13H19N3O2/c1-13(2)9-16(7-6-15(13)3)10-4-5-11(12(17)18)14-8-10/h4-5,8H,6-7,9H2,1-3H3,(H,17,18). The lowest BCUT2D eigenvalue weighted by atomic mass is 9.99. The molecular weight excluding hydrogens is 230 g/mol. The Bertz CT molecular complexity index is 442. The minimum atomic E-state index is -0.986. The van der Waals surface area contributed by atoms with Crippen LogP contribution in [0.3, 0.4) is 0 Å². The van der Waals surface area contributed by atoms with Gasteiger partial charge in [0.25, 0.3) is 0 Å². The summed E-state index contributed by atoms with van der Waals surface area (Å²) in [5.74, 6) is -0.986. The monoisotopic (exact) mass is 249 g/mol. The van der Waals surface area contributed by atoms with E-state index in [1.807, 2.05) is 6.07 Å². The van der Waals surface area contributed by atoms with Crippen molar-refractivity contribution in [3.8, 4) is 0 Å². The second kappa shape index (κ2) is 4.57. The van der Waals surface area contributed by atoms with Crippen LogP contribution in [0.25, 0.3) is 0 Å². The van der Waals surface area contributed by atoms with Gasteiger partial charge in [-0.15, -0.1) is 0 Å². The molecule has 0 aromatic carbocycles. The van der Waals surface area contributed by atoms with Gasteiger partial charge in [-0.1, -0.05) is 0 Å². The van der Waals surface area contributed by atoms with E-state index < -0.39 is 5.97 Å². The largest absolute Gasteiger partial charge is 0.477 e. The van der Waals surface area contributed by atoms with Crippen LogP contribution in [0.5, 0.6) is 0 Å². The van der Waals surface area contributed by atoms with Crippen LogP contribution in [0.15, 0.2) is 18.3 Å². The molecular formula is C13H19N3O2. The van der Waals surface area contributed by atoms with Gasteiger partial charge in [0.2, 0.25) is 0 Å². The van der Waals surface area contributed by atoms with Crippen molar-refractivity contribution < 1.29 is 9.90 Å². The number of carboxylic acid groups (broad SMARTS) is 1. The van der Waals surface area contributed by atoms with E-state index in [1.165, 1.54) is 0 Å². The minimum absolute atomic E-state index is 0.0899. The van der Waals surface area contributed by atoms with Gasteiger partial charge in [0.05, 0.1) is 11.9 Å². The SMILES string of the molecule is CN1CCN(c2ccc(C(=O)O)nc2)CC1(C)C. The van der Waals surface area contributed by atoms with Crippen LogP contribution < -0.4 is 4.90 Å². The van der Waals surface area contributed by atoms with Crippen molar-refractivity contribution in [1.82, 2.24) is 9.88 Å². The number of piperazine rings is 1. The number of nitrogens with zero attached hydrogens (tertiary/aromatic N) is 3. The maximum absolute atomic E-state index is 10.8. The number of hydrogen-bond donors (Lipinski definition) is 1. The molecule has 0 aliphatic carbocycles. The van der Waals surface area contributed by atoms with Gasteiger partial charge in [-0.05, 0) is 33.0 Å². The van der Waals surface area contributed by atoms with Crippen LogP contribution in [0, 0.1) is 0 Å². The summed E-state index contributed by atoms with van der Waals surface area (Å²) in [7, 11) is 2.13. The van der Waals surface area contributed by atoms with Gasteiger partial charge >= 0.3 is 5.97 Å². The number of carbonyl (C=O) groups is 1. The summed E-state index contributed by atoms with van der Waals surface area (Å²) in [4.78, 5) is 19.3. The summed E-state index contributed by atoms with van der Waals surface area (Å²) < 4.78 is 0. The van der Waals surface area contributed by atoms with E-state index in [-0.39, 0.29) is 11.2 Å². The Morgan fingerprint density at radius 1 is 1.39 bits per heavy atom. The first-order valence-electron chi connectivity index (χ1n) is 6.06. The molecule has 5 nitrogen and oxygen atoms in total. The molecule has 1 aromatic rings. The molecule has 5 heteroatoms. The zero-order valence-electron chi connectivity index (χ0n) is 11.1. The molecule has 0 radical (unpaired) electrons. The molecule has 0 unspecified atom stereocenters. The third kappa shape index (κ3) is 2.46. The van der Waals surface area contributed by atoms with E-state index >= 15 is 0 Å². The van der Waals surface area contributed by atoms with Crippen LogP contribution in [0.2, 0.25) is 0 Å². The molecule has 1 fully saturated rings. The fourth-order valence-corrected chi connectivity index (χ4v) is 2.16. The molecule has 0 saturated carbocycles. The van der Waals surface area contributed by atoms with Crippen LogP contribution in [0.1, 0.15) is 24.3 Å². The van der Waals surface area contributed by atoms with Crippen molar-refractivity contribution >= 4 is 11.7 Å². The number of aromatic nitrogens is 1. The Kier molecular flexibility index (Phi) is 3.26. The molecule has 1 aromatic heterocycles. The van der Waals surface area contributed by atoms with Crippen LogP contribution >= 0.6 is 0 Å². The van der Waals surface area contributed by atoms with Gasteiger partial charge in [0.1, 0.15) is 5.69 Å². The first-order chi connectivity index (χ1) is 8.40. The van der Waals surface area contributed by atoms with Gasteiger partial charge in [-0.25, -0.2) is 9.78 Å². The third-order valence-corrected chi connectivity index (χ3v) is 3.65. The molecule has 0 atom stereocenters. The predicted octanol–water partition coefficient (Wildman–Crippen LogP) is 1.31. The number of hydrogen-bond acceptors (Lipinski definition) is 4. The normalized spacial score (nSPS) is 19.8. The molecule has 0 bridgehead atoms. The van der Waals surface area contributed by atoms with Gasteiger partial charge in [-0.2, -0.15) is 0 Å². The average Bonchev–Trinajstić information content (AvgIpc) is 2.33. The van der Waals surface area contributed by atoms with E-state index in [9.17, 15) is 4.79 Å². The number of pyridine rings is 1. The van der Waals surface area contributed by atoms with Gasteiger partial charge in [0, 0.05) is 25.2 Å². The Hall–Kier alpha value is -1.62. The highest BCUT2D eigenvalue weighted by Crippen LogP contribution is 2.23.